The Kier molecular flexibility index (Phi) is 6.27. The Balaban J connectivity index is 1.33. The van der Waals surface area contributed by atoms with E-state index in [-0.39, 0.29) is 0 Å². The number of nitrogens with one attached hydrogen (secondary N) is 1. The molecule has 0 unspecified atom stereocenters. The summed E-state index contributed by atoms with van der Waals surface area (Å²) in [7, 11) is 0. The van der Waals surface area contributed by atoms with Crippen LogP contribution in [0.5, 0.6) is 0 Å². The molecule has 2 aromatic carbocycles. The van der Waals surface area contributed by atoms with Gasteiger partial charge in [-0.1, -0.05) is 24.3 Å². The van der Waals surface area contributed by atoms with Crippen LogP contribution in [0.2, 0.25) is 0 Å². The van der Waals surface area contributed by atoms with E-state index in [1.807, 2.05) is 42.5 Å². The average Bonchev–Trinajstić information content (AvgIpc) is 3.24. The number of benzene rings is 2. The highest BCUT2D eigenvalue weighted by Gasteiger charge is 2.47. The number of nitriles is 1. The van der Waals surface area contributed by atoms with Crippen LogP contribution in [-0.2, 0) is 4.79 Å². The van der Waals surface area contributed by atoms with Gasteiger partial charge in [0, 0.05) is 29.6 Å². The lowest BCUT2D eigenvalue weighted by Gasteiger charge is -2.19. The van der Waals surface area contributed by atoms with Crippen LogP contribution in [0.4, 0.5) is 8.78 Å². The molecule has 10 heteroatoms. The zero-order valence-electron chi connectivity index (χ0n) is 19.4. The van der Waals surface area contributed by atoms with E-state index in [1.165, 1.54) is 18.6 Å². The van der Waals surface area contributed by atoms with Crippen molar-refractivity contribution in [1.29, 1.82) is 5.26 Å². The predicted molar refractivity (Wildman–Crippen MR) is 133 cm³/mol. The third kappa shape index (κ3) is 5.11. The van der Waals surface area contributed by atoms with Gasteiger partial charge in [0.05, 0.1) is 35.8 Å². The molecular weight excluding hydrogens is 478 g/mol. The summed E-state index contributed by atoms with van der Waals surface area (Å²) in [6, 6.07) is 13.3. The topological polar surface area (TPSA) is 112 Å². The Morgan fingerprint density at radius 2 is 1.86 bits per heavy atom. The highest BCUT2D eigenvalue weighted by molar-refractivity contribution is 6.07. The summed E-state index contributed by atoms with van der Waals surface area (Å²) in [5.41, 5.74) is 3.50. The van der Waals surface area contributed by atoms with Gasteiger partial charge in [0.15, 0.2) is 0 Å². The van der Waals surface area contributed by atoms with E-state index in [0.29, 0.717) is 16.5 Å². The average molecular weight is 498 g/mol. The maximum Gasteiger partial charge on any atom is 0.268 e. The summed E-state index contributed by atoms with van der Waals surface area (Å²) in [6.07, 6.45) is 7.85. The number of hydrogen-bond donors (Lipinski definition) is 1. The zero-order chi connectivity index (χ0) is 26.0. The Labute approximate surface area is 210 Å². The first-order valence-electron chi connectivity index (χ1n) is 11.4. The lowest BCUT2D eigenvalue weighted by Crippen LogP contribution is -2.43. The standard InChI is InChI=1S/C27H20F2N6O2/c28-27(29)11-20(12-30)35(15-27)25(36)14-33-26(37)21-7-8-32-24-6-4-18(10-22(21)24)2-1-17-3-5-23-19(9-17)13-31-16-34-23/h1-10,13,16,20H,11,14-15H2,(H,33,37)/b2-1+/t20-/m0/s1. The van der Waals surface area contributed by atoms with Crippen LogP contribution in [0.3, 0.4) is 0 Å². The second kappa shape index (κ2) is 9.70. The van der Waals surface area contributed by atoms with Gasteiger partial charge < -0.3 is 10.2 Å². The summed E-state index contributed by atoms with van der Waals surface area (Å²) in [5, 5.41) is 13.1. The Morgan fingerprint density at radius 3 is 2.65 bits per heavy atom. The van der Waals surface area contributed by atoms with Gasteiger partial charge in [-0.25, -0.2) is 18.7 Å². The van der Waals surface area contributed by atoms with Crippen molar-refractivity contribution in [3.63, 3.8) is 0 Å². The Morgan fingerprint density at radius 1 is 1.11 bits per heavy atom. The summed E-state index contributed by atoms with van der Waals surface area (Å²) < 4.78 is 27.3. The molecule has 2 amide bonds. The van der Waals surface area contributed by atoms with Crippen molar-refractivity contribution in [3.8, 4) is 6.07 Å². The number of carbonyl (C=O) groups excluding carboxylic acids is 2. The summed E-state index contributed by atoms with van der Waals surface area (Å²) in [5.74, 6) is -4.40. The number of fused-ring (bicyclic) bond motifs is 2. The van der Waals surface area contributed by atoms with Gasteiger partial charge in [-0.15, -0.1) is 0 Å². The Hall–Kier alpha value is -4.78. The molecule has 1 saturated heterocycles. The summed E-state index contributed by atoms with van der Waals surface area (Å²) in [4.78, 5) is 38.7. The second-order valence-electron chi connectivity index (χ2n) is 8.72. The predicted octanol–water partition coefficient (Wildman–Crippen LogP) is 3.84. The number of pyridine rings is 1. The van der Waals surface area contributed by atoms with Gasteiger partial charge in [-0.05, 0) is 41.5 Å². The molecule has 3 heterocycles. The minimum Gasteiger partial charge on any atom is -0.343 e. The number of aromatic nitrogens is 3. The second-order valence-corrected chi connectivity index (χ2v) is 8.72. The molecule has 8 nitrogen and oxygen atoms in total. The maximum absolute atomic E-state index is 13.7. The molecule has 0 radical (unpaired) electrons. The van der Waals surface area contributed by atoms with Gasteiger partial charge in [0.2, 0.25) is 5.91 Å². The molecule has 4 aromatic rings. The number of alkyl halides is 2. The fourth-order valence-electron chi connectivity index (χ4n) is 4.31. The smallest absolute Gasteiger partial charge is 0.268 e. The number of likely N-dealkylation sites (tertiary alicyclic amines) is 1. The van der Waals surface area contributed by atoms with E-state index in [0.717, 1.165) is 26.9 Å². The Bertz CT molecular complexity index is 1600. The van der Waals surface area contributed by atoms with Gasteiger partial charge >= 0.3 is 0 Å². The van der Waals surface area contributed by atoms with Crippen molar-refractivity contribution in [1.82, 2.24) is 25.2 Å². The van der Waals surface area contributed by atoms with Crippen molar-refractivity contribution < 1.29 is 18.4 Å². The van der Waals surface area contributed by atoms with E-state index in [9.17, 15) is 18.4 Å². The number of nitrogens with zero attached hydrogens (tertiary/aromatic N) is 5. The molecule has 1 fully saturated rings. The molecule has 5 rings (SSSR count). The van der Waals surface area contributed by atoms with Gasteiger partial charge in [-0.2, -0.15) is 5.26 Å². The fraction of sp³-hybridized carbons (Fsp3) is 0.185. The number of carbonyl (C=O) groups is 2. The molecule has 184 valence electrons. The third-order valence-electron chi connectivity index (χ3n) is 6.15. The van der Waals surface area contributed by atoms with Crippen LogP contribution in [0.25, 0.3) is 34.0 Å². The van der Waals surface area contributed by atoms with Crippen molar-refractivity contribution in [2.75, 3.05) is 13.1 Å². The minimum absolute atomic E-state index is 0.291. The molecule has 1 N–H and O–H groups in total. The lowest BCUT2D eigenvalue weighted by atomic mass is 10.0. The normalized spacial score (nSPS) is 16.8. The maximum atomic E-state index is 13.7. The van der Waals surface area contributed by atoms with E-state index in [4.69, 9.17) is 5.26 Å². The van der Waals surface area contributed by atoms with Crippen LogP contribution < -0.4 is 5.32 Å². The monoisotopic (exact) mass is 498 g/mol. The largest absolute Gasteiger partial charge is 0.343 e. The number of hydrogen-bond acceptors (Lipinski definition) is 6. The minimum atomic E-state index is -3.12. The summed E-state index contributed by atoms with van der Waals surface area (Å²) in [6.45, 7) is -1.33. The first-order chi connectivity index (χ1) is 17.8. The number of rotatable bonds is 5. The first-order valence-corrected chi connectivity index (χ1v) is 11.4. The van der Waals surface area contributed by atoms with Crippen LogP contribution in [-0.4, -0.2) is 56.7 Å². The van der Waals surface area contributed by atoms with Crippen LogP contribution in [0.1, 0.15) is 27.9 Å². The number of amides is 2. The SMILES string of the molecule is N#C[C@@H]1CC(F)(F)CN1C(=O)CNC(=O)c1ccnc2ccc(/C=C/c3ccc4ncncc4c3)cc12. The van der Waals surface area contributed by atoms with Crippen molar-refractivity contribution in [2.45, 2.75) is 18.4 Å². The van der Waals surface area contributed by atoms with Crippen LogP contribution in [0, 0.1) is 11.3 Å². The molecule has 1 atom stereocenters. The van der Waals surface area contributed by atoms with Crippen molar-refractivity contribution in [2.24, 2.45) is 0 Å². The van der Waals surface area contributed by atoms with Crippen molar-refractivity contribution >= 4 is 45.8 Å². The van der Waals surface area contributed by atoms with Gasteiger partial charge in [0.25, 0.3) is 11.8 Å². The quantitative estimate of drug-likeness (QED) is 0.419. The van der Waals surface area contributed by atoms with E-state index < -0.39 is 43.3 Å². The molecule has 0 aliphatic carbocycles. The molecule has 1 aliphatic heterocycles. The molecule has 2 aromatic heterocycles. The fourth-order valence-corrected chi connectivity index (χ4v) is 4.31. The third-order valence-corrected chi connectivity index (χ3v) is 6.15. The highest BCUT2D eigenvalue weighted by atomic mass is 19.3. The lowest BCUT2D eigenvalue weighted by molar-refractivity contribution is -0.131. The molecule has 0 bridgehead atoms. The number of halogens is 2. The van der Waals surface area contributed by atoms with E-state index in [1.54, 1.807) is 18.3 Å². The van der Waals surface area contributed by atoms with E-state index in [2.05, 4.69) is 20.3 Å². The highest BCUT2D eigenvalue weighted by Crippen LogP contribution is 2.31. The first kappa shape index (κ1) is 23.9. The van der Waals surface area contributed by atoms with Crippen LogP contribution >= 0.6 is 0 Å². The van der Waals surface area contributed by atoms with Gasteiger partial charge in [-0.3, -0.25) is 14.6 Å². The zero-order valence-corrected chi connectivity index (χ0v) is 19.4. The molecule has 0 spiro atoms. The van der Waals surface area contributed by atoms with Crippen LogP contribution in [0.15, 0.2) is 61.2 Å². The van der Waals surface area contributed by atoms with E-state index >= 15 is 0 Å². The molecule has 0 saturated carbocycles. The van der Waals surface area contributed by atoms with Crippen molar-refractivity contribution in [3.05, 3.63) is 77.9 Å². The van der Waals surface area contributed by atoms with Gasteiger partial charge in [0.1, 0.15) is 12.4 Å². The summed E-state index contributed by atoms with van der Waals surface area (Å²) >= 11 is 0. The molecule has 1 aliphatic rings. The molecule has 37 heavy (non-hydrogen) atoms. The molecular formula is C27H20F2N6O2.